The zero-order valence-electron chi connectivity index (χ0n) is 8.98. The lowest BCUT2D eigenvalue weighted by molar-refractivity contribution is 0.646. The summed E-state index contributed by atoms with van der Waals surface area (Å²) in [5, 5.41) is 1.19. The summed E-state index contributed by atoms with van der Waals surface area (Å²) in [5.74, 6) is 0. The largest absolute Gasteiger partial charge is 0.327 e. The molecule has 1 atom stereocenters. The minimum Gasteiger partial charge on any atom is -0.327 e. The highest BCUT2D eigenvalue weighted by atomic mass is 14.7. The van der Waals surface area contributed by atoms with Gasteiger partial charge in [-0.3, -0.25) is 4.98 Å². The lowest BCUT2D eigenvalue weighted by Gasteiger charge is -2.08. The first-order chi connectivity index (χ1) is 7.29. The van der Waals surface area contributed by atoms with E-state index in [2.05, 4.69) is 24.0 Å². The standard InChI is InChI=1S/C13H16N2/c1-2-12(14)8-10-7-11-5-3-4-6-13(11)15-9-10/h3-7,9,12H,2,8,14H2,1H3. The van der Waals surface area contributed by atoms with Crippen LogP contribution in [0.25, 0.3) is 10.9 Å². The van der Waals surface area contributed by atoms with Crippen LogP contribution in [0.4, 0.5) is 0 Å². The molecule has 0 spiro atoms. The summed E-state index contributed by atoms with van der Waals surface area (Å²) in [4.78, 5) is 4.41. The van der Waals surface area contributed by atoms with Crippen LogP contribution in [0.1, 0.15) is 18.9 Å². The second-order valence-corrected chi connectivity index (χ2v) is 3.91. The summed E-state index contributed by atoms with van der Waals surface area (Å²) in [6.07, 6.45) is 3.85. The Bertz CT molecular complexity index is 451. The maximum absolute atomic E-state index is 5.92. The van der Waals surface area contributed by atoms with Crippen LogP contribution in [-0.4, -0.2) is 11.0 Å². The Balaban J connectivity index is 2.30. The predicted octanol–water partition coefficient (Wildman–Crippen LogP) is 2.51. The van der Waals surface area contributed by atoms with Gasteiger partial charge in [-0.05, 0) is 30.5 Å². The third kappa shape index (κ3) is 2.34. The fraction of sp³-hybridized carbons (Fsp3) is 0.308. The van der Waals surface area contributed by atoms with E-state index in [-0.39, 0.29) is 6.04 Å². The quantitative estimate of drug-likeness (QED) is 0.826. The number of hydrogen-bond donors (Lipinski definition) is 1. The molecule has 0 radical (unpaired) electrons. The van der Waals surface area contributed by atoms with Crippen LogP contribution in [0, 0.1) is 0 Å². The normalized spacial score (nSPS) is 12.9. The number of pyridine rings is 1. The van der Waals surface area contributed by atoms with Gasteiger partial charge in [-0.1, -0.05) is 25.1 Å². The van der Waals surface area contributed by atoms with E-state index >= 15 is 0 Å². The number of rotatable bonds is 3. The predicted molar refractivity (Wildman–Crippen MR) is 63.7 cm³/mol. The van der Waals surface area contributed by atoms with Crippen molar-refractivity contribution in [2.24, 2.45) is 5.73 Å². The molecule has 2 N–H and O–H groups in total. The lowest BCUT2D eigenvalue weighted by atomic mass is 10.0. The Kier molecular flexibility index (Phi) is 2.97. The number of para-hydroxylation sites is 1. The zero-order chi connectivity index (χ0) is 10.7. The molecule has 0 amide bonds. The lowest BCUT2D eigenvalue weighted by Crippen LogP contribution is -2.21. The highest BCUT2D eigenvalue weighted by molar-refractivity contribution is 5.78. The molecule has 0 saturated heterocycles. The minimum absolute atomic E-state index is 0.243. The SMILES string of the molecule is CCC(N)Cc1cnc2ccccc2c1. The van der Waals surface area contributed by atoms with Gasteiger partial charge in [0.15, 0.2) is 0 Å². The van der Waals surface area contributed by atoms with Gasteiger partial charge in [0.2, 0.25) is 0 Å². The number of fused-ring (bicyclic) bond motifs is 1. The first kappa shape index (κ1) is 10.1. The van der Waals surface area contributed by atoms with Crippen molar-refractivity contribution in [1.82, 2.24) is 4.98 Å². The van der Waals surface area contributed by atoms with E-state index in [0.717, 1.165) is 18.4 Å². The zero-order valence-corrected chi connectivity index (χ0v) is 8.98. The van der Waals surface area contributed by atoms with Gasteiger partial charge < -0.3 is 5.73 Å². The average molecular weight is 200 g/mol. The summed E-state index contributed by atoms with van der Waals surface area (Å²) in [5.41, 5.74) is 8.19. The fourth-order valence-corrected chi connectivity index (χ4v) is 1.68. The molecule has 0 bridgehead atoms. The molecule has 0 aliphatic carbocycles. The molecular formula is C13H16N2. The Morgan fingerprint density at radius 2 is 2.13 bits per heavy atom. The fourth-order valence-electron chi connectivity index (χ4n) is 1.68. The van der Waals surface area contributed by atoms with E-state index in [9.17, 15) is 0 Å². The van der Waals surface area contributed by atoms with Crippen LogP contribution < -0.4 is 5.73 Å². The third-order valence-corrected chi connectivity index (χ3v) is 2.67. The van der Waals surface area contributed by atoms with Crippen molar-refractivity contribution in [2.75, 3.05) is 0 Å². The van der Waals surface area contributed by atoms with Gasteiger partial charge in [-0.25, -0.2) is 0 Å². The monoisotopic (exact) mass is 200 g/mol. The van der Waals surface area contributed by atoms with Crippen LogP contribution in [0.15, 0.2) is 36.5 Å². The van der Waals surface area contributed by atoms with Crippen LogP contribution in [0.3, 0.4) is 0 Å². The second kappa shape index (κ2) is 4.41. The van der Waals surface area contributed by atoms with Crippen LogP contribution in [0.5, 0.6) is 0 Å². The molecule has 1 aromatic carbocycles. The molecule has 1 unspecified atom stereocenters. The van der Waals surface area contributed by atoms with E-state index < -0.39 is 0 Å². The number of nitrogens with zero attached hydrogens (tertiary/aromatic N) is 1. The van der Waals surface area contributed by atoms with Crippen molar-refractivity contribution in [3.8, 4) is 0 Å². The molecule has 78 valence electrons. The van der Waals surface area contributed by atoms with Crippen LogP contribution in [-0.2, 0) is 6.42 Å². The van der Waals surface area contributed by atoms with Gasteiger partial charge >= 0.3 is 0 Å². The van der Waals surface area contributed by atoms with E-state index in [1.807, 2.05) is 24.4 Å². The molecule has 0 aliphatic rings. The number of hydrogen-bond acceptors (Lipinski definition) is 2. The molecule has 1 heterocycles. The molecule has 1 aromatic heterocycles. The van der Waals surface area contributed by atoms with Crippen LogP contribution in [0.2, 0.25) is 0 Å². The maximum Gasteiger partial charge on any atom is 0.0702 e. The molecule has 15 heavy (non-hydrogen) atoms. The first-order valence-electron chi connectivity index (χ1n) is 5.39. The second-order valence-electron chi connectivity index (χ2n) is 3.91. The Labute approximate surface area is 90.1 Å². The molecule has 0 saturated carbocycles. The van der Waals surface area contributed by atoms with Gasteiger partial charge in [-0.2, -0.15) is 0 Å². The Morgan fingerprint density at radius 1 is 1.33 bits per heavy atom. The Hall–Kier alpha value is -1.41. The summed E-state index contributed by atoms with van der Waals surface area (Å²) >= 11 is 0. The summed E-state index contributed by atoms with van der Waals surface area (Å²) < 4.78 is 0. The third-order valence-electron chi connectivity index (χ3n) is 2.67. The smallest absolute Gasteiger partial charge is 0.0702 e. The summed E-state index contributed by atoms with van der Waals surface area (Å²) in [6.45, 7) is 2.11. The number of aromatic nitrogens is 1. The highest BCUT2D eigenvalue weighted by Gasteiger charge is 2.02. The molecule has 0 fully saturated rings. The number of benzene rings is 1. The van der Waals surface area contributed by atoms with Gasteiger partial charge in [0.1, 0.15) is 0 Å². The highest BCUT2D eigenvalue weighted by Crippen LogP contribution is 2.13. The molecule has 2 aromatic rings. The maximum atomic E-state index is 5.92. The van der Waals surface area contributed by atoms with Crippen molar-refractivity contribution < 1.29 is 0 Å². The summed E-state index contributed by atoms with van der Waals surface area (Å²) in [7, 11) is 0. The van der Waals surface area contributed by atoms with E-state index in [4.69, 9.17) is 5.73 Å². The van der Waals surface area contributed by atoms with Crippen LogP contribution >= 0.6 is 0 Å². The minimum atomic E-state index is 0.243. The van der Waals surface area contributed by atoms with Gasteiger partial charge in [0, 0.05) is 17.6 Å². The van der Waals surface area contributed by atoms with E-state index in [1.54, 1.807) is 0 Å². The molecule has 2 rings (SSSR count). The molecule has 2 heteroatoms. The van der Waals surface area contributed by atoms with Crippen molar-refractivity contribution >= 4 is 10.9 Å². The number of nitrogens with two attached hydrogens (primary N) is 1. The van der Waals surface area contributed by atoms with Crippen molar-refractivity contribution in [1.29, 1.82) is 0 Å². The van der Waals surface area contributed by atoms with Gasteiger partial charge in [-0.15, -0.1) is 0 Å². The van der Waals surface area contributed by atoms with Gasteiger partial charge in [0.25, 0.3) is 0 Å². The molecule has 2 nitrogen and oxygen atoms in total. The summed E-state index contributed by atoms with van der Waals surface area (Å²) in [6, 6.07) is 10.6. The Morgan fingerprint density at radius 3 is 2.93 bits per heavy atom. The van der Waals surface area contributed by atoms with E-state index in [1.165, 1.54) is 10.9 Å². The van der Waals surface area contributed by atoms with E-state index in [0.29, 0.717) is 0 Å². The van der Waals surface area contributed by atoms with Crippen molar-refractivity contribution in [2.45, 2.75) is 25.8 Å². The molecular weight excluding hydrogens is 184 g/mol. The molecule has 0 aliphatic heterocycles. The average Bonchev–Trinajstić information content (AvgIpc) is 2.29. The van der Waals surface area contributed by atoms with Crippen molar-refractivity contribution in [3.63, 3.8) is 0 Å². The first-order valence-corrected chi connectivity index (χ1v) is 5.39. The topological polar surface area (TPSA) is 38.9 Å². The van der Waals surface area contributed by atoms with Gasteiger partial charge in [0.05, 0.1) is 5.52 Å². The van der Waals surface area contributed by atoms with Crippen molar-refractivity contribution in [3.05, 3.63) is 42.1 Å².